The predicted molar refractivity (Wildman–Crippen MR) is 110 cm³/mol. The van der Waals surface area contributed by atoms with Crippen LogP contribution >= 0.6 is 0 Å². The van der Waals surface area contributed by atoms with Crippen molar-refractivity contribution < 1.29 is 14.1 Å². The second-order valence-corrected chi connectivity index (χ2v) is 9.02. The van der Waals surface area contributed by atoms with Crippen molar-refractivity contribution in [2.45, 2.75) is 63.3 Å². The zero-order valence-electron chi connectivity index (χ0n) is 17.2. The van der Waals surface area contributed by atoms with Crippen LogP contribution < -0.4 is 5.73 Å². The van der Waals surface area contributed by atoms with E-state index in [9.17, 15) is 4.79 Å². The minimum atomic E-state index is -0.135. The van der Waals surface area contributed by atoms with E-state index >= 15 is 0 Å². The number of nitrogen functional groups attached to an aromatic ring is 1. The van der Waals surface area contributed by atoms with Gasteiger partial charge in [0.2, 0.25) is 0 Å². The monoisotopic (exact) mass is 407 g/mol. The average Bonchev–Trinajstić information content (AvgIpc) is 3.40. The van der Waals surface area contributed by atoms with Crippen LogP contribution in [0.15, 0.2) is 10.9 Å². The Balaban J connectivity index is 1.55. The number of carbonyl (C=O) groups is 1. The van der Waals surface area contributed by atoms with Gasteiger partial charge in [-0.05, 0) is 44.4 Å². The number of aromatic nitrogens is 4. The van der Waals surface area contributed by atoms with Crippen molar-refractivity contribution in [2.75, 3.05) is 12.8 Å². The van der Waals surface area contributed by atoms with Gasteiger partial charge in [0, 0.05) is 28.8 Å². The summed E-state index contributed by atoms with van der Waals surface area (Å²) in [7, 11) is 1.45. The zero-order chi connectivity index (χ0) is 20.6. The van der Waals surface area contributed by atoms with Crippen molar-refractivity contribution in [1.29, 1.82) is 0 Å². The number of carbonyl (C=O) groups excluding carboxylic acids is 1. The molecule has 3 aliphatic carbocycles. The molecule has 0 amide bonds. The SMILES string of the molecule is COC(=O)C1CC(n2c3c(c4c(N)ncnc42)-c2noc(C4CC4)c2C(C)CC3)C1. The lowest BCUT2D eigenvalue weighted by Crippen LogP contribution is -2.34. The summed E-state index contributed by atoms with van der Waals surface area (Å²) in [5, 5.41) is 5.42. The first-order chi connectivity index (χ1) is 14.6. The third-order valence-electron chi connectivity index (χ3n) is 7.17. The van der Waals surface area contributed by atoms with E-state index in [4.69, 9.17) is 15.0 Å². The molecule has 2 fully saturated rings. The lowest BCUT2D eigenvalue weighted by atomic mass is 9.80. The van der Waals surface area contributed by atoms with Gasteiger partial charge in [0.15, 0.2) is 0 Å². The normalized spacial score (nSPS) is 25.3. The molecule has 2 N–H and O–H groups in total. The first-order valence-electron chi connectivity index (χ1n) is 10.8. The second kappa shape index (κ2) is 6.30. The van der Waals surface area contributed by atoms with Gasteiger partial charge in [-0.15, -0.1) is 0 Å². The maximum Gasteiger partial charge on any atom is 0.308 e. The average molecular weight is 407 g/mol. The number of nitrogens with two attached hydrogens (primary N) is 1. The molecule has 0 aliphatic heterocycles. The molecular weight excluding hydrogens is 382 g/mol. The van der Waals surface area contributed by atoms with E-state index in [2.05, 4.69) is 26.6 Å². The Morgan fingerprint density at radius 1 is 1.27 bits per heavy atom. The van der Waals surface area contributed by atoms with Gasteiger partial charge in [0.25, 0.3) is 0 Å². The molecule has 0 spiro atoms. The Labute approximate surface area is 173 Å². The minimum Gasteiger partial charge on any atom is -0.469 e. The van der Waals surface area contributed by atoms with E-state index in [-0.39, 0.29) is 17.9 Å². The Hall–Kier alpha value is -2.90. The number of methoxy groups -OCH3 is 1. The molecule has 0 radical (unpaired) electrons. The summed E-state index contributed by atoms with van der Waals surface area (Å²) in [4.78, 5) is 20.9. The predicted octanol–water partition coefficient (Wildman–Crippen LogP) is 3.72. The summed E-state index contributed by atoms with van der Waals surface area (Å²) in [5.41, 5.74) is 11.6. The van der Waals surface area contributed by atoms with Gasteiger partial charge in [-0.1, -0.05) is 12.1 Å². The number of esters is 1. The van der Waals surface area contributed by atoms with Crippen molar-refractivity contribution in [3.63, 3.8) is 0 Å². The van der Waals surface area contributed by atoms with Crippen LogP contribution in [0, 0.1) is 5.92 Å². The standard InChI is InChI=1S/C22H25N5O3/c1-10-3-6-14-16(18-15(10)19(30-26-18)11-4-5-11)17-20(23)24-9-25-21(17)27(14)13-7-12(8-13)22(28)29-2/h9-13H,3-8H2,1-2H3,(H2,23,24,25). The highest BCUT2D eigenvalue weighted by Crippen LogP contribution is 2.52. The van der Waals surface area contributed by atoms with Gasteiger partial charge in [0.05, 0.1) is 18.4 Å². The summed E-state index contributed by atoms with van der Waals surface area (Å²) in [6.45, 7) is 2.26. The van der Waals surface area contributed by atoms with E-state index in [1.165, 1.54) is 37.5 Å². The summed E-state index contributed by atoms with van der Waals surface area (Å²) < 4.78 is 13.1. The van der Waals surface area contributed by atoms with E-state index in [1.54, 1.807) is 0 Å². The van der Waals surface area contributed by atoms with Crippen LogP contribution in [0.4, 0.5) is 5.82 Å². The van der Waals surface area contributed by atoms with Crippen molar-refractivity contribution in [1.82, 2.24) is 19.7 Å². The fraction of sp³-hybridized carbons (Fsp3) is 0.545. The van der Waals surface area contributed by atoms with E-state index in [0.29, 0.717) is 17.7 Å². The van der Waals surface area contributed by atoms with E-state index < -0.39 is 0 Å². The van der Waals surface area contributed by atoms with Crippen molar-refractivity contribution in [2.24, 2.45) is 5.92 Å². The maximum absolute atomic E-state index is 12.0. The van der Waals surface area contributed by atoms with Crippen LogP contribution in [0.1, 0.15) is 73.9 Å². The molecule has 0 bridgehead atoms. The van der Waals surface area contributed by atoms with Crippen LogP contribution in [-0.2, 0) is 16.0 Å². The summed E-state index contributed by atoms with van der Waals surface area (Å²) in [6.07, 6.45) is 7.29. The topological polar surface area (TPSA) is 109 Å². The molecule has 3 aliphatic rings. The van der Waals surface area contributed by atoms with E-state index in [0.717, 1.165) is 53.7 Å². The highest BCUT2D eigenvalue weighted by molar-refractivity contribution is 6.02. The zero-order valence-corrected chi connectivity index (χ0v) is 17.2. The summed E-state index contributed by atoms with van der Waals surface area (Å²) in [5.74, 6) is 2.20. The summed E-state index contributed by atoms with van der Waals surface area (Å²) in [6, 6.07) is 0.196. The molecule has 0 aromatic carbocycles. The van der Waals surface area contributed by atoms with Gasteiger partial charge >= 0.3 is 5.97 Å². The molecule has 6 rings (SSSR count). The van der Waals surface area contributed by atoms with Gasteiger partial charge in [-0.25, -0.2) is 9.97 Å². The number of hydrogen-bond donors (Lipinski definition) is 1. The first-order valence-corrected chi connectivity index (χ1v) is 10.8. The molecular formula is C22H25N5O3. The molecule has 1 unspecified atom stereocenters. The quantitative estimate of drug-likeness (QED) is 0.659. The van der Waals surface area contributed by atoms with Gasteiger partial charge in [-0.2, -0.15) is 0 Å². The Kier molecular flexibility index (Phi) is 3.76. The maximum atomic E-state index is 12.0. The fourth-order valence-corrected chi connectivity index (χ4v) is 5.36. The number of rotatable bonds is 3. The van der Waals surface area contributed by atoms with Crippen molar-refractivity contribution >= 4 is 22.8 Å². The number of nitrogens with zero attached hydrogens (tertiary/aromatic N) is 4. The van der Waals surface area contributed by atoms with Crippen LogP contribution in [-0.4, -0.2) is 32.8 Å². The highest BCUT2D eigenvalue weighted by Gasteiger charge is 2.42. The Morgan fingerprint density at radius 2 is 2.07 bits per heavy atom. The van der Waals surface area contributed by atoms with Crippen LogP contribution in [0.25, 0.3) is 22.3 Å². The highest BCUT2D eigenvalue weighted by atomic mass is 16.5. The molecule has 8 heteroatoms. The fourth-order valence-electron chi connectivity index (χ4n) is 5.36. The lowest BCUT2D eigenvalue weighted by Gasteiger charge is -2.35. The number of hydrogen-bond acceptors (Lipinski definition) is 7. The minimum absolute atomic E-state index is 0.0546. The number of anilines is 1. The molecule has 3 heterocycles. The van der Waals surface area contributed by atoms with Crippen molar-refractivity contribution in [3.8, 4) is 11.3 Å². The first kappa shape index (κ1) is 17.9. The third-order valence-corrected chi connectivity index (χ3v) is 7.17. The van der Waals surface area contributed by atoms with Crippen molar-refractivity contribution in [3.05, 3.63) is 23.3 Å². The Morgan fingerprint density at radius 3 is 2.80 bits per heavy atom. The molecule has 30 heavy (non-hydrogen) atoms. The van der Waals surface area contributed by atoms with Crippen LogP contribution in [0.2, 0.25) is 0 Å². The third kappa shape index (κ3) is 2.39. The number of ether oxygens (including phenoxy) is 1. The Bertz CT molecular complexity index is 1170. The van der Waals surface area contributed by atoms with Crippen LogP contribution in [0.3, 0.4) is 0 Å². The van der Waals surface area contributed by atoms with Gasteiger partial charge in [0.1, 0.15) is 29.2 Å². The molecule has 2 saturated carbocycles. The molecule has 3 aromatic heterocycles. The molecule has 156 valence electrons. The number of fused-ring (bicyclic) bond motifs is 5. The van der Waals surface area contributed by atoms with E-state index in [1.807, 2.05) is 0 Å². The lowest BCUT2D eigenvalue weighted by molar-refractivity contribution is -0.149. The van der Waals surface area contributed by atoms with Gasteiger partial charge in [-0.3, -0.25) is 4.79 Å². The molecule has 8 nitrogen and oxygen atoms in total. The van der Waals surface area contributed by atoms with Gasteiger partial charge < -0.3 is 19.6 Å². The largest absolute Gasteiger partial charge is 0.469 e. The molecule has 1 atom stereocenters. The second-order valence-electron chi connectivity index (χ2n) is 9.02. The summed E-state index contributed by atoms with van der Waals surface area (Å²) >= 11 is 0. The van der Waals surface area contributed by atoms with Crippen LogP contribution in [0.5, 0.6) is 0 Å². The molecule has 0 saturated heterocycles. The smallest absolute Gasteiger partial charge is 0.308 e. The molecule has 3 aromatic rings.